The summed E-state index contributed by atoms with van der Waals surface area (Å²) in [5, 5.41) is 0. The fourth-order valence-corrected chi connectivity index (χ4v) is 2.35. The van der Waals surface area contributed by atoms with Gasteiger partial charge in [-0.3, -0.25) is 0 Å². The highest BCUT2D eigenvalue weighted by atomic mass is 17.2. The molecule has 0 aromatic carbocycles. The van der Waals surface area contributed by atoms with Crippen molar-refractivity contribution < 1.29 is 9.78 Å². The molecule has 2 heteroatoms. The second kappa shape index (κ2) is 5.96. The molecule has 0 aliphatic carbocycles. The zero-order chi connectivity index (χ0) is 16.6. The lowest BCUT2D eigenvalue weighted by molar-refractivity contribution is -0.452. The number of rotatable bonds is 5. The minimum atomic E-state index is -0.325. The summed E-state index contributed by atoms with van der Waals surface area (Å²) in [6, 6.07) is 0. The highest BCUT2D eigenvalue weighted by Crippen LogP contribution is 2.45. The predicted molar refractivity (Wildman–Crippen MR) is 87.6 cm³/mol. The van der Waals surface area contributed by atoms with Crippen molar-refractivity contribution in [3.8, 4) is 0 Å². The van der Waals surface area contributed by atoms with Crippen molar-refractivity contribution in [3.05, 3.63) is 0 Å². The second-order valence-electron chi connectivity index (χ2n) is 9.19. The molecule has 0 aliphatic heterocycles. The molecule has 2 atom stereocenters. The average molecular weight is 286 g/mol. The molecular formula is C18H38O2. The van der Waals surface area contributed by atoms with E-state index in [1.807, 2.05) is 0 Å². The average Bonchev–Trinajstić information content (AvgIpc) is 2.21. The lowest BCUT2D eigenvalue weighted by Crippen LogP contribution is -2.53. The van der Waals surface area contributed by atoms with E-state index < -0.39 is 0 Å². The van der Waals surface area contributed by atoms with Crippen molar-refractivity contribution in [2.45, 2.75) is 94.3 Å². The van der Waals surface area contributed by atoms with Crippen LogP contribution in [-0.4, -0.2) is 11.2 Å². The van der Waals surface area contributed by atoms with Crippen LogP contribution in [0.15, 0.2) is 0 Å². The van der Waals surface area contributed by atoms with Gasteiger partial charge in [0.15, 0.2) is 0 Å². The van der Waals surface area contributed by atoms with E-state index in [1.54, 1.807) is 0 Å². The highest BCUT2D eigenvalue weighted by Gasteiger charge is 2.48. The molecule has 0 aromatic rings. The summed E-state index contributed by atoms with van der Waals surface area (Å²) in [4.78, 5) is 12.2. The van der Waals surface area contributed by atoms with E-state index in [2.05, 4.69) is 83.1 Å². The molecule has 2 nitrogen and oxygen atoms in total. The molecule has 0 amide bonds. The minimum absolute atomic E-state index is 0.0109. The Morgan fingerprint density at radius 3 is 0.800 bits per heavy atom. The molecule has 122 valence electrons. The van der Waals surface area contributed by atoms with E-state index in [0.29, 0.717) is 11.8 Å². The zero-order valence-corrected chi connectivity index (χ0v) is 16.0. The molecule has 0 N–H and O–H groups in total. The zero-order valence-electron chi connectivity index (χ0n) is 16.0. The fraction of sp³-hybridized carbons (Fsp3) is 1.00. The van der Waals surface area contributed by atoms with Crippen molar-refractivity contribution >= 4 is 0 Å². The molecule has 0 aliphatic rings. The summed E-state index contributed by atoms with van der Waals surface area (Å²) in [5.74, 6) is 0.748. The normalized spacial score (nSPS) is 20.1. The third-order valence-electron chi connectivity index (χ3n) is 5.57. The van der Waals surface area contributed by atoms with Crippen LogP contribution in [0.4, 0.5) is 0 Å². The maximum absolute atomic E-state index is 6.11. The minimum Gasteiger partial charge on any atom is -0.229 e. The smallest absolute Gasteiger partial charge is 0.108 e. The summed E-state index contributed by atoms with van der Waals surface area (Å²) in [6.07, 6.45) is 0. The topological polar surface area (TPSA) is 18.5 Å². The molecular weight excluding hydrogens is 248 g/mol. The van der Waals surface area contributed by atoms with Gasteiger partial charge in [-0.05, 0) is 36.5 Å². The van der Waals surface area contributed by atoms with Gasteiger partial charge >= 0.3 is 0 Å². The van der Waals surface area contributed by atoms with E-state index in [0.717, 1.165) is 0 Å². The first-order valence-corrected chi connectivity index (χ1v) is 7.96. The lowest BCUT2D eigenvalue weighted by Gasteiger charge is -2.49. The molecule has 0 rings (SSSR count). The molecule has 0 radical (unpaired) electrons. The molecule has 0 aromatic heterocycles. The van der Waals surface area contributed by atoms with Crippen molar-refractivity contribution in [2.24, 2.45) is 22.7 Å². The maximum Gasteiger partial charge on any atom is 0.108 e. The first-order chi connectivity index (χ1) is 8.59. The van der Waals surface area contributed by atoms with Crippen LogP contribution in [0.2, 0.25) is 0 Å². The highest BCUT2D eigenvalue weighted by molar-refractivity contribution is 4.93. The maximum atomic E-state index is 6.11. The second-order valence-corrected chi connectivity index (χ2v) is 9.19. The molecule has 0 bridgehead atoms. The molecule has 0 fully saturated rings. The Balaban J connectivity index is 5.31. The Kier molecular flexibility index (Phi) is 5.94. The van der Waals surface area contributed by atoms with E-state index in [9.17, 15) is 0 Å². The largest absolute Gasteiger partial charge is 0.229 e. The fourth-order valence-electron chi connectivity index (χ4n) is 2.35. The predicted octanol–water partition coefficient (Wildman–Crippen LogP) is 5.86. The van der Waals surface area contributed by atoms with Crippen LogP contribution in [-0.2, 0) is 9.78 Å². The van der Waals surface area contributed by atoms with Crippen molar-refractivity contribution in [3.63, 3.8) is 0 Å². The van der Waals surface area contributed by atoms with Crippen LogP contribution >= 0.6 is 0 Å². The molecule has 20 heavy (non-hydrogen) atoms. The first-order valence-electron chi connectivity index (χ1n) is 7.96. The number of hydrogen-bond acceptors (Lipinski definition) is 2. The van der Waals surface area contributed by atoms with Gasteiger partial charge in [0.1, 0.15) is 11.2 Å². The quantitative estimate of drug-likeness (QED) is 0.466. The monoisotopic (exact) mass is 286 g/mol. The van der Waals surface area contributed by atoms with Gasteiger partial charge in [-0.1, -0.05) is 69.2 Å². The van der Waals surface area contributed by atoms with Crippen LogP contribution in [0.3, 0.4) is 0 Å². The van der Waals surface area contributed by atoms with Crippen LogP contribution in [0, 0.1) is 22.7 Å². The standard InChI is InChI=1S/C18H38O2/c1-13(2)17(11,15(5,6)7)19-20-18(12,14(3)4)16(8,9)10/h13-14H,1-12H3. The van der Waals surface area contributed by atoms with Gasteiger partial charge in [-0.15, -0.1) is 0 Å². The van der Waals surface area contributed by atoms with Crippen LogP contribution < -0.4 is 0 Å². The SMILES string of the molecule is CC(C)C(C)(OOC(C)(C(C)C)C(C)(C)C)C(C)(C)C. The molecule has 0 heterocycles. The van der Waals surface area contributed by atoms with Gasteiger partial charge in [0.05, 0.1) is 0 Å². The van der Waals surface area contributed by atoms with E-state index >= 15 is 0 Å². The Labute approximate surface area is 127 Å². The van der Waals surface area contributed by atoms with Crippen LogP contribution in [0.1, 0.15) is 83.1 Å². The third-order valence-corrected chi connectivity index (χ3v) is 5.57. The molecule has 0 spiro atoms. The van der Waals surface area contributed by atoms with Gasteiger partial charge in [0, 0.05) is 0 Å². The summed E-state index contributed by atoms with van der Waals surface area (Å²) in [5.41, 5.74) is -0.628. The summed E-state index contributed by atoms with van der Waals surface area (Å²) in [7, 11) is 0. The van der Waals surface area contributed by atoms with Gasteiger partial charge in [-0.2, -0.15) is 0 Å². The summed E-state index contributed by atoms with van der Waals surface area (Å²) in [6.45, 7) is 26.3. The Morgan fingerprint density at radius 2 is 0.700 bits per heavy atom. The van der Waals surface area contributed by atoms with Gasteiger partial charge in [0.2, 0.25) is 0 Å². The molecule has 2 unspecified atom stereocenters. The summed E-state index contributed by atoms with van der Waals surface area (Å²) < 4.78 is 0. The first kappa shape index (κ1) is 19.9. The Hall–Kier alpha value is -0.0800. The van der Waals surface area contributed by atoms with Gasteiger partial charge < -0.3 is 0 Å². The third kappa shape index (κ3) is 3.76. The molecule has 0 saturated carbocycles. The van der Waals surface area contributed by atoms with E-state index in [1.165, 1.54) is 0 Å². The number of hydrogen-bond donors (Lipinski definition) is 0. The van der Waals surface area contributed by atoms with Crippen molar-refractivity contribution in [2.75, 3.05) is 0 Å². The summed E-state index contributed by atoms with van der Waals surface area (Å²) >= 11 is 0. The van der Waals surface area contributed by atoms with Gasteiger partial charge in [-0.25, -0.2) is 9.78 Å². The van der Waals surface area contributed by atoms with Crippen molar-refractivity contribution in [1.82, 2.24) is 0 Å². The van der Waals surface area contributed by atoms with Crippen LogP contribution in [0.5, 0.6) is 0 Å². The molecule has 0 saturated heterocycles. The Morgan fingerprint density at radius 1 is 0.500 bits per heavy atom. The van der Waals surface area contributed by atoms with Gasteiger partial charge in [0.25, 0.3) is 0 Å². The van der Waals surface area contributed by atoms with Crippen molar-refractivity contribution in [1.29, 1.82) is 0 Å². The van der Waals surface area contributed by atoms with E-state index in [-0.39, 0.29) is 22.0 Å². The Bertz CT molecular complexity index is 274. The van der Waals surface area contributed by atoms with Crippen LogP contribution in [0.25, 0.3) is 0 Å². The van der Waals surface area contributed by atoms with E-state index in [4.69, 9.17) is 9.78 Å². The lowest BCUT2D eigenvalue weighted by atomic mass is 9.70.